The van der Waals surface area contributed by atoms with Crippen LogP contribution in [0.1, 0.15) is 28.9 Å². The zero-order valence-corrected chi connectivity index (χ0v) is 12.0. The topological polar surface area (TPSA) is 103 Å². The third kappa shape index (κ3) is 2.83. The molecule has 2 rings (SSSR count). The number of aromatic nitrogens is 1. The number of rotatable bonds is 5. The van der Waals surface area contributed by atoms with Crippen molar-refractivity contribution in [2.75, 3.05) is 18.2 Å². The third-order valence-corrected chi connectivity index (χ3v) is 3.72. The first-order valence-corrected chi connectivity index (χ1v) is 6.75. The van der Waals surface area contributed by atoms with Gasteiger partial charge in [0.25, 0.3) is 5.91 Å². The van der Waals surface area contributed by atoms with Crippen molar-refractivity contribution in [2.24, 2.45) is 5.73 Å². The number of nitrogens with two attached hydrogens (primary N) is 2. The van der Waals surface area contributed by atoms with Crippen LogP contribution in [0.5, 0.6) is 5.75 Å². The van der Waals surface area contributed by atoms with Crippen LogP contribution in [-0.4, -0.2) is 17.4 Å². The summed E-state index contributed by atoms with van der Waals surface area (Å²) in [5.74, 6) is 0.369. The summed E-state index contributed by atoms with van der Waals surface area (Å²) < 4.78 is 9.06. The molecule has 0 radical (unpaired) electrons. The number of primary amides is 1. The Hall–Kier alpha value is -2.28. The molecule has 7 heteroatoms. The number of carbonyl (C=O) groups is 1. The number of methoxy groups -OCH3 is 1. The van der Waals surface area contributed by atoms with E-state index in [1.165, 1.54) is 0 Å². The highest BCUT2D eigenvalue weighted by molar-refractivity contribution is 7.11. The molecule has 0 spiro atoms. The summed E-state index contributed by atoms with van der Waals surface area (Å²) in [4.78, 5) is 11.4. The highest BCUT2D eigenvalue weighted by atomic mass is 32.1. The molecule has 0 fully saturated rings. The van der Waals surface area contributed by atoms with E-state index in [1.807, 2.05) is 31.2 Å². The summed E-state index contributed by atoms with van der Waals surface area (Å²) in [5, 5.41) is 3.78. The first-order valence-electron chi connectivity index (χ1n) is 5.98. The lowest BCUT2D eigenvalue weighted by Crippen LogP contribution is -2.15. The first-order chi connectivity index (χ1) is 9.52. The van der Waals surface area contributed by atoms with Gasteiger partial charge in [0.1, 0.15) is 16.3 Å². The molecule has 0 saturated heterocycles. The van der Waals surface area contributed by atoms with Crippen LogP contribution in [0, 0.1) is 0 Å². The van der Waals surface area contributed by atoms with Gasteiger partial charge in [-0.1, -0.05) is 12.1 Å². The highest BCUT2D eigenvalue weighted by Crippen LogP contribution is 2.30. The predicted octanol–water partition coefficient (Wildman–Crippen LogP) is 2.01. The molecule has 1 aromatic heterocycles. The number of hydrogen-bond donors (Lipinski definition) is 3. The summed E-state index contributed by atoms with van der Waals surface area (Å²) in [6.07, 6.45) is 0. The maximum absolute atomic E-state index is 11.4. The van der Waals surface area contributed by atoms with Gasteiger partial charge in [-0.25, -0.2) is 0 Å². The molecule has 20 heavy (non-hydrogen) atoms. The Labute approximate surface area is 120 Å². The lowest BCUT2D eigenvalue weighted by atomic mass is 10.1. The van der Waals surface area contributed by atoms with Gasteiger partial charge in [0.2, 0.25) is 0 Å². The number of amides is 1. The van der Waals surface area contributed by atoms with Gasteiger partial charge in [-0.2, -0.15) is 4.37 Å². The van der Waals surface area contributed by atoms with Gasteiger partial charge in [-0.3, -0.25) is 4.79 Å². The monoisotopic (exact) mass is 292 g/mol. The third-order valence-electron chi connectivity index (χ3n) is 2.93. The summed E-state index contributed by atoms with van der Waals surface area (Å²) in [6.45, 7) is 1.97. The van der Waals surface area contributed by atoms with Crippen LogP contribution in [-0.2, 0) is 0 Å². The minimum Gasteiger partial charge on any atom is -0.497 e. The number of anilines is 2. The first kappa shape index (κ1) is 14.1. The van der Waals surface area contributed by atoms with Crippen LogP contribution in [0.3, 0.4) is 0 Å². The molecular weight excluding hydrogens is 276 g/mol. The highest BCUT2D eigenvalue weighted by Gasteiger charge is 2.18. The molecule has 6 nitrogen and oxygen atoms in total. The van der Waals surface area contributed by atoms with Gasteiger partial charge >= 0.3 is 0 Å². The van der Waals surface area contributed by atoms with Crippen molar-refractivity contribution in [3.63, 3.8) is 0 Å². The van der Waals surface area contributed by atoms with Gasteiger partial charge in [-0.15, -0.1) is 0 Å². The molecule has 1 atom stereocenters. The number of hydrogen-bond acceptors (Lipinski definition) is 6. The van der Waals surface area contributed by atoms with Crippen LogP contribution < -0.4 is 21.5 Å². The van der Waals surface area contributed by atoms with E-state index in [0.717, 1.165) is 22.8 Å². The van der Waals surface area contributed by atoms with Crippen molar-refractivity contribution in [1.29, 1.82) is 0 Å². The molecule has 0 bridgehead atoms. The van der Waals surface area contributed by atoms with E-state index >= 15 is 0 Å². The van der Waals surface area contributed by atoms with E-state index in [-0.39, 0.29) is 17.4 Å². The Kier molecular flexibility index (Phi) is 4.09. The van der Waals surface area contributed by atoms with E-state index in [1.54, 1.807) is 7.11 Å². The lowest BCUT2D eigenvalue weighted by molar-refractivity contribution is 0.100. The Bertz CT molecular complexity index is 609. The minimum atomic E-state index is -0.583. The molecule has 0 aliphatic rings. The predicted molar refractivity (Wildman–Crippen MR) is 80.1 cm³/mol. The van der Waals surface area contributed by atoms with Gasteiger partial charge in [0, 0.05) is 6.04 Å². The van der Waals surface area contributed by atoms with Crippen LogP contribution >= 0.6 is 11.5 Å². The molecule has 106 valence electrons. The molecule has 1 aromatic carbocycles. The fraction of sp³-hybridized carbons (Fsp3) is 0.231. The molecule has 2 aromatic rings. The molecule has 5 N–H and O–H groups in total. The average molecular weight is 292 g/mol. The SMILES string of the molecule is COc1ccc(C(C)Nc2snc(N)c2C(N)=O)cc1. The number of ether oxygens (including phenoxy) is 1. The van der Waals surface area contributed by atoms with Crippen molar-refractivity contribution in [2.45, 2.75) is 13.0 Å². The van der Waals surface area contributed by atoms with Crippen LogP contribution in [0.15, 0.2) is 24.3 Å². The second-order valence-corrected chi connectivity index (χ2v) is 5.05. The van der Waals surface area contributed by atoms with Crippen molar-refractivity contribution in [3.05, 3.63) is 35.4 Å². The van der Waals surface area contributed by atoms with Gasteiger partial charge < -0.3 is 21.5 Å². The minimum absolute atomic E-state index is 0.0149. The van der Waals surface area contributed by atoms with Gasteiger partial charge in [0.05, 0.1) is 7.11 Å². The Balaban J connectivity index is 2.18. The number of nitrogen functional groups attached to an aromatic ring is 1. The second kappa shape index (κ2) is 5.79. The molecule has 0 aliphatic carbocycles. The van der Waals surface area contributed by atoms with Crippen LogP contribution in [0.4, 0.5) is 10.8 Å². The molecule has 1 unspecified atom stereocenters. The maximum Gasteiger partial charge on any atom is 0.255 e. The fourth-order valence-corrected chi connectivity index (χ4v) is 2.62. The zero-order valence-electron chi connectivity index (χ0n) is 11.2. The van der Waals surface area contributed by atoms with Crippen molar-refractivity contribution in [3.8, 4) is 5.75 Å². The van der Waals surface area contributed by atoms with Gasteiger partial charge in [0.15, 0.2) is 5.82 Å². The lowest BCUT2D eigenvalue weighted by Gasteiger charge is -2.15. The van der Waals surface area contributed by atoms with Gasteiger partial charge in [-0.05, 0) is 36.2 Å². The average Bonchev–Trinajstić information content (AvgIpc) is 2.79. The molecule has 0 saturated carbocycles. The molecule has 0 aliphatic heterocycles. The summed E-state index contributed by atoms with van der Waals surface area (Å²) in [6, 6.07) is 7.64. The second-order valence-electron chi connectivity index (χ2n) is 4.28. The largest absolute Gasteiger partial charge is 0.497 e. The smallest absolute Gasteiger partial charge is 0.255 e. The van der Waals surface area contributed by atoms with E-state index in [2.05, 4.69) is 9.69 Å². The van der Waals surface area contributed by atoms with E-state index < -0.39 is 5.91 Å². The number of nitrogens with one attached hydrogen (secondary N) is 1. The van der Waals surface area contributed by atoms with Crippen LogP contribution in [0.2, 0.25) is 0 Å². The normalized spacial score (nSPS) is 11.9. The van der Waals surface area contributed by atoms with E-state index in [9.17, 15) is 4.79 Å². The van der Waals surface area contributed by atoms with E-state index in [4.69, 9.17) is 16.2 Å². The Morgan fingerprint density at radius 2 is 2.05 bits per heavy atom. The maximum atomic E-state index is 11.4. The fourth-order valence-electron chi connectivity index (χ4n) is 1.81. The molecular formula is C13H16N4O2S. The summed E-state index contributed by atoms with van der Waals surface area (Å²) >= 11 is 1.12. The Morgan fingerprint density at radius 1 is 1.40 bits per heavy atom. The standard InChI is InChI=1S/C13H16N4O2S/c1-7(8-3-5-9(19-2)6-4-8)16-13-10(12(15)18)11(14)17-20-13/h3-7,16H,1-2H3,(H2,14,17)(H2,15,18). The summed E-state index contributed by atoms with van der Waals surface area (Å²) in [7, 11) is 1.62. The quantitative estimate of drug-likeness (QED) is 0.782. The van der Waals surface area contributed by atoms with Crippen molar-refractivity contribution < 1.29 is 9.53 Å². The van der Waals surface area contributed by atoms with Crippen molar-refractivity contribution >= 4 is 28.3 Å². The number of carbonyl (C=O) groups excluding carboxylic acids is 1. The number of nitrogens with zero attached hydrogens (tertiary/aromatic N) is 1. The molecule has 1 heterocycles. The van der Waals surface area contributed by atoms with Crippen molar-refractivity contribution in [1.82, 2.24) is 4.37 Å². The summed E-state index contributed by atoms with van der Waals surface area (Å²) in [5.41, 5.74) is 12.2. The zero-order chi connectivity index (χ0) is 14.7. The Morgan fingerprint density at radius 3 is 2.60 bits per heavy atom. The number of benzene rings is 1. The molecule has 1 amide bonds. The van der Waals surface area contributed by atoms with E-state index in [0.29, 0.717) is 5.00 Å². The van der Waals surface area contributed by atoms with Crippen LogP contribution in [0.25, 0.3) is 0 Å².